The van der Waals surface area contributed by atoms with E-state index in [4.69, 9.17) is 23.2 Å². The molecule has 7 nitrogen and oxygen atoms in total. The predicted molar refractivity (Wildman–Crippen MR) is 106 cm³/mol. The van der Waals surface area contributed by atoms with Crippen molar-refractivity contribution in [1.82, 2.24) is 4.31 Å². The van der Waals surface area contributed by atoms with Crippen LogP contribution in [0, 0.1) is 0 Å². The third-order valence-corrected chi connectivity index (χ3v) is 5.83. The lowest BCUT2D eigenvalue weighted by atomic mass is 10.2. The number of anilines is 2. The summed E-state index contributed by atoms with van der Waals surface area (Å²) in [5, 5.41) is 5.73. The van der Waals surface area contributed by atoms with Crippen LogP contribution < -0.4 is 10.6 Å². The molecule has 0 aliphatic heterocycles. The fourth-order valence-corrected chi connectivity index (χ4v) is 3.64. The summed E-state index contributed by atoms with van der Waals surface area (Å²) < 4.78 is 25.9. The van der Waals surface area contributed by atoms with Crippen molar-refractivity contribution in [2.75, 3.05) is 24.2 Å². The highest BCUT2D eigenvalue weighted by Gasteiger charge is 2.23. The van der Waals surface area contributed by atoms with Gasteiger partial charge in [0.1, 0.15) is 0 Å². The summed E-state index contributed by atoms with van der Waals surface area (Å²) in [7, 11) is -2.54. The van der Waals surface area contributed by atoms with Crippen LogP contribution in [0.5, 0.6) is 0 Å². The number of benzene rings is 2. The Kier molecular flexibility index (Phi) is 6.83. The van der Waals surface area contributed by atoms with E-state index in [0.717, 1.165) is 4.31 Å². The first-order valence-corrected chi connectivity index (χ1v) is 9.88. The van der Waals surface area contributed by atoms with Gasteiger partial charge in [0.25, 0.3) is 0 Å². The molecular formula is C17H17Cl2N3O4S. The third kappa shape index (κ3) is 5.67. The van der Waals surface area contributed by atoms with Gasteiger partial charge in [-0.1, -0.05) is 23.2 Å². The second kappa shape index (κ2) is 8.71. The van der Waals surface area contributed by atoms with Gasteiger partial charge >= 0.3 is 0 Å². The van der Waals surface area contributed by atoms with Gasteiger partial charge in [-0.05, 0) is 42.5 Å². The van der Waals surface area contributed by atoms with E-state index < -0.39 is 22.5 Å². The fourth-order valence-electron chi connectivity index (χ4n) is 2.16. The average molecular weight is 430 g/mol. The van der Waals surface area contributed by atoms with Crippen molar-refractivity contribution in [3.63, 3.8) is 0 Å². The molecular weight excluding hydrogens is 413 g/mol. The Balaban J connectivity index is 2.06. The van der Waals surface area contributed by atoms with Crippen molar-refractivity contribution < 1.29 is 18.0 Å². The Labute approximate surface area is 167 Å². The number of rotatable bonds is 6. The number of nitrogens with one attached hydrogen (secondary N) is 2. The Morgan fingerprint density at radius 3 is 2.22 bits per heavy atom. The van der Waals surface area contributed by atoms with Crippen LogP contribution in [0.4, 0.5) is 11.4 Å². The number of amides is 2. The molecule has 2 N–H and O–H groups in total. The smallest absolute Gasteiger partial charge is 0.243 e. The minimum absolute atomic E-state index is 0.0277. The maximum atomic E-state index is 12.5. The van der Waals surface area contributed by atoms with Gasteiger partial charge in [0, 0.05) is 24.7 Å². The topological polar surface area (TPSA) is 95.6 Å². The normalized spacial score (nSPS) is 11.3. The predicted octanol–water partition coefficient (Wildman–Crippen LogP) is 3.21. The fraction of sp³-hybridized carbons (Fsp3) is 0.176. The van der Waals surface area contributed by atoms with Crippen LogP contribution in [0.25, 0.3) is 0 Å². The van der Waals surface area contributed by atoms with Crippen LogP contribution in [0.2, 0.25) is 10.0 Å². The first-order chi connectivity index (χ1) is 12.6. The Hall–Kier alpha value is -2.13. The number of likely N-dealkylation sites (N-methyl/N-ethyl adjacent to an activating group) is 1. The lowest BCUT2D eigenvalue weighted by Gasteiger charge is -2.17. The molecule has 2 aromatic carbocycles. The zero-order valence-corrected chi connectivity index (χ0v) is 16.8. The summed E-state index contributed by atoms with van der Waals surface area (Å²) in [6, 6.07) is 10.2. The zero-order valence-electron chi connectivity index (χ0n) is 14.5. The molecule has 0 atom stereocenters. The Morgan fingerprint density at radius 1 is 1.04 bits per heavy atom. The first-order valence-electron chi connectivity index (χ1n) is 7.68. The van der Waals surface area contributed by atoms with Crippen molar-refractivity contribution in [2.45, 2.75) is 11.8 Å². The molecule has 0 aromatic heterocycles. The number of nitrogens with zero attached hydrogens (tertiary/aromatic N) is 1. The van der Waals surface area contributed by atoms with E-state index >= 15 is 0 Å². The molecule has 0 unspecified atom stereocenters. The summed E-state index contributed by atoms with van der Waals surface area (Å²) in [4.78, 5) is 23.3. The Bertz CT molecular complexity index is 963. The number of sulfonamides is 1. The van der Waals surface area contributed by atoms with Crippen LogP contribution in [0.15, 0.2) is 47.4 Å². The van der Waals surface area contributed by atoms with E-state index in [9.17, 15) is 18.0 Å². The second-order valence-electron chi connectivity index (χ2n) is 5.64. The van der Waals surface area contributed by atoms with Gasteiger partial charge in [0.2, 0.25) is 21.8 Å². The highest BCUT2D eigenvalue weighted by atomic mass is 35.5. The third-order valence-electron chi connectivity index (χ3n) is 3.45. The van der Waals surface area contributed by atoms with Gasteiger partial charge in [0.05, 0.1) is 22.2 Å². The number of hydrogen-bond donors (Lipinski definition) is 2. The average Bonchev–Trinajstić information content (AvgIpc) is 2.57. The summed E-state index contributed by atoms with van der Waals surface area (Å²) in [5.74, 6) is -0.818. The summed E-state index contributed by atoms with van der Waals surface area (Å²) in [5.41, 5.74) is 0.779. The molecule has 0 heterocycles. The molecule has 0 radical (unpaired) electrons. The second-order valence-corrected chi connectivity index (χ2v) is 8.53. The molecule has 27 heavy (non-hydrogen) atoms. The maximum absolute atomic E-state index is 12.5. The van der Waals surface area contributed by atoms with Crippen LogP contribution >= 0.6 is 23.2 Å². The van der Waals surface area contributed by atoms with Crippen molar-refractivity contribution in [1.29, 1.82) is 0 Å². The number of halogens is 2. The first kappa shape index (κ1) is 21.2. The van der Waals surface area contributed by atoms with Crippen LogP contribution in [0.3, 0.4) is 0 Å². The van der Waals surface area contributed by atoms with Crippen molar-refractivity contribution in [2.24, 2.45) is 0 Å². The standard InChI is InChI=1S/C17H17Cl2N3O4S/c1-11(23)20-13-5-8-16(15(19)9-13)21-17(24)10-22(2)27(25,26)14-6-3-12(18)4-7-14/h3-9H,10H2,1-2H3,(H,20,23)(H,21,24). The summed E-state index contributed by atoms with van der Waals surface area (Å²) >= 11 is 11.8. The van der Waals surface area contributed by atoms with Crippen LogP contribution in [-0.4, -0.2) is 38.1 Å². The molecule has 0 aliphatic rings. The van der Waals surface area contributed by atoms with E-state index in [2.05, 4.69) is 10.6 Å². The minimum Gasteiger partial charge on any atom is -0.326 e. The SMILES string of the molecule is CC(=O)Nc1ccc(NC(=O)CN(C)S(=O)(=O)c2ccc(Cl)cc2)c(Cl)c1. The molecule has 10 heteroatoms. The van der Waals surface area contributed by atoms with Gasteiger partial charge in [-0.25, -0.2) is 8.42 Å². The number of carbonyl (C=O) groups excluding carboxylic acids is 2. The molecule has 0 fully saturated rings. The maximum Gasteiger partial charge on any atom is 0.243 e. The molecule has 2 rings (SSSR count). The van der Waals surface area contributed by atoms with E-state index in [0.29, 0.717) is 16.4 Å². The molecule has 2 amide bonds. The largest absolute Gasteiger partial charge is 0.326 e. The molecule has 0 bridgehead atoms. The molecule has 0 spiro atoms. The van der Waals surface area contributed by atoms with E-state index in [1.54, 1.807) is 6.07 Å². The molecule has 0 saturated carbocycles. The lowest BCUT2D eigenvalue weighted by molar-refractivity contribution is -0.116. The van der Waals surface area contributed by atoms with E-state index in [1.807, 2.05) is 0 Å². The van der Waals surface area contributed by atoms with E-state index in [1.165, 1.54) is 50.4 Å². The van der Waals surface area contributed by atoms with Crippen molar-refractivity contribution >= 4 is 56.4 Å². The molecule has 144 valence electrons. The molecule has 2 aromatic rings. The summed E-state index contributed by atoms with van der Waals surface area (Å²) in [6.45, 7) is 0.954. The van der Waals surface area contributed by atoms with E-state index in [-0.39, 0.29) is 15.8 Å². The highest BCUT2D eigenvalue weighted by Crippen LogP contribution is 2.25. The monoisotopic (exact) mass is 429 g/mol. The van der Waals surface area contributed by atoms with Crippen molar-refractivity contribution in [3.05, 3.63) is 52.5 Å². The van der Waals surface area contributed by atoms with Crippen molar-refractivity contribution in [3.8, 4) is 0 Å². The van der Waals surface area contributed by atoms with Gasteiger partial charge in [-0.15, -0.1) is 0 Å². The van der Waals surface area contributed by atoms with Crippen LogP contribution in [0.1, 0.15) is 6.92 Å². The van der Waals surface area contributed by atoms with Gasteiger partial charge in [-0.3, -0.25) is 9.59 Å². The quantitative estimate of drug-likeness (QED) is 0.736. The zero-order chi connectivity index (χ0) is 20.2. The Morgan fingerprint density at radius 2 is 1.67 bits per heavy atom. The molecule has 0 saturated heterocycles. The molecule has 0 aliphatic carbocycles. The minimum atomic E-state index is -3.84. The van der Waals surface area contributed by atoms with Gasteiger partial charge in [0.15, 0.2) is 0 Å². The van der Waals surface area contributed by atoms with Gasteiger partial charge < -0.3 is 10.6 Å². The van der Waals surface area contributed by atoms with Gasteiger partial charge in [-0.2, -0.15) is 4.31 Å². The van der Waals surface area contributed by atoms with Crippen LogP contribution in [-0.2, 0) is 19.6 Å². The number of hydrogen-bond acceptors (Lipinski definition) is 4. The summed E-state index contributed by atoms with van der Waals surface area (Å²) in [6.07, 6.45) is 0. The lowest BCUT2D eigenvalue weighted by Crippen LogP contribution is -2.35. The number of carbonyl (C=O) groups is 2. The highest BCUT2D eigenvalue weighted by molar-refractivity contribution is 7.89.